The Labute approximate surface area is 212 Å². The Hall–Kier alpha value is -4.31. The van der Waals surface area contributed by atoms with Gasteiger partial charge >= 0.3 is 12.1 Å². The van der Waals surface area contributed by atoms with Gasteiger partial charge in [-0.3, -0.25) is 4.90 Å². The molecule has 0 saturated heterocycles. The van der Waals surface area contributed by atoms with Crippen molar-refractivity contribution in [2.24, 2.45) is 0 Å². The number of urea groups is 2. The first-order valence-corrected chi connectivity index (χ1v) is 12.4. The SMILES string of the molecule is N#CCCN(C(=O)Nc1ccccc1)[C@H]1CCCC[C@@H]1N(C(=O)Nc1ccccc1)c1ccccc1. The molecular formula is C29H31N5O2. The van der Waals surface area contributed by atoms with Crippen LogP contribution in [0.3, 0.4) is 0 Å². The summed E-state index contributed by atoms with van der Waals surface area (Å²) in [5.41, 5.74) is 2.17. The summed E-state index contributed by atoms with van der Waals surface area (Å²) in [5, 5.41) is 15.3. The van der Waals surface area contributed by atoms with Gasteiger partial charge in [-0.1, -0.05) is 67.4 Å². The van der Waals surface area contributed by atoms with Crippen LogP contribution < -0.4 is 15.5 Å². The fraction of sp³-hybridized carbons (Fsp3) is 0.276. The summed E-state index contributed by atoms with van der Waals surface area (Å²) in [7, 11) is 0. The van der Waals surface area contributed by atoms with E-state index in [4.69, 9.17) is 0 Å². The molecule has 3 aromatic carbocycles. The maximum absolute atomic E-state index is 13.7. The van der Waals surface area contributed by atoms with E-state index in [1.54, 1.807) is 9.80 Å². The Morgan fingerprint density at radius 2 is 1.25 bits per heavy atom. The number of para-hydroxylation sites is 3. The molecular weight excluding hydrogens is 450 g/mol. The van der Waals surface area contributed by atoms with Gasteiger partial charge < -0.3 is 15.5 Å². The molecule has 1 aliphatic rings. The second kappa shape index (κ2) is 12.4. The lowest BCUT2D eigenvalue weighted by molar-refractivity contribution is 0.154. The predicted molar refractivity (Wildman–Crippen MR) is 143 cm³/mol. The highest BCUT2D eigenvalue weighted by Crippen LogP contribution is 2.32. The van der Waals surface area contributed by atoms with Crippen molar-refractivity contribution >= 4 is 29.1 Å². The predicted octanol–water partition coefficient (Wildman–Crippen LogP) is 6.48. The van der Waals surface area contributed by atoms with Gasteiger partial charge in [0.25, 0.3) is 0 Å². The summed E-state index contributed by atoms with van der Waals surface area (Å²) >= 11 is 0. The van der Waals surface area contributed by atoms with Crippen LogP contribution in [0.4, 0.5) is 26.7 Å². The largest absolute Gasteiger partial charge is 0.326 e. The van der Waals surface area contributed by atoms with Crippen LogP contribution in [0.2, 0.25) is 0 Å². The van der Waals surface area contributed by atoms with E-state index in [1.165, 1.54) is 0 Å². The van der Waals surface area contributed by atoms with Gasteiger partial charge in [-0.2, -0.15) is 5.26 Å². The maximum Gasteiger partial charge on any atom is 0.326 e. The molecule has 2 atom stereocenters. The first kappa shape index (κ1) is 24.8. The van der Waals surface area contributed by atoms with Crippen LogP contribution >= 0.6 is 0 Å². The van der Waals surface area contributed by atoms with E-state index in [2.05, 4.69) is 16.7 Å². The van der Waals surface area contributed by atoms with Crippen molar-refractivity contribution in [3.8, 4) is 6.07 Å². The molecule has 2 N–H and O–H groups in total. The molecule has 0 heterocycles. The Bertz CT molecular complexity index is 1160. The summed E-state index contributed by atoms with van der Waals surface area (Å²) in [6.07, 6.45) is 3.62. The Balaban J connectivity index is 1.66. The van der Waals surface area contributed by atoms with Crippen LogP contribution in [0.5, 0.6) is 0 Å². The molecule has 0 unspecified atom stereocenters. The average molecular weight is 482 g/mol. The number of nitrogens with zero attached hydrogens (tertiary/aromatic N) is 3. The monoisotopic (exact) mass is 481 g/mol. The first-order valence-electron chi connectivity index (χ1n) is 12.4. The summed E-state index contributed by atoms with van der Waals surface area (Å²) in [6, 6.07) is 29.4. The van der Waals surface area contributed by atoms with E-state index >= 15 is 0 Å². The Morgan fingerprint density at radius 3 is 1.81 bits per heavy atom. The fourth-order valence-corrected chi connectivity index (χ4v) is 4.81. The van der Waals surface area contributed by atoms with Crippen LogP contribution in [0, 0.1) is 11.3 Å². The summed E-state index contributed by atoms with van der Waals surface area (Å²) in [6.45, 7) is 0.291. The van der Waals surface area contributed by atoms with Gasteiger partial charge in [-0.15, -0.1) is 0 Å². The highest BCUT2D eigenvalue weighted by atomic mass is 16.2. The van der Waals surface area contributed by atoms with Gasteiger partial charge in [0, 0.05) is 23.6 Å². The molecule has 0 bridgehead atoms. The maximum atomic E-state index is 13.7. The molecule has 7 nitrogen and oxygen atoms in total. The van der Waals surface area contributed by atoms with Gasteiger partial charge in [0.2, 0.25) is 0 Å². The third-order valence-corrected chi connectivity index (χ3v) is 6.45. The van der Waals surface area contributed by atoms with Gasteiger partial charge in [0.1, 0.15) is 0 Å². The zero-order valence-corrected chi connectivity index (χ0v) is 20.2. The van der Waals surface area contributed by atoms with Gasteiger partial charge in [0.15, 0.2) is 0 Å². The molecule has 1 fully saturated rings. The molecule has 7 heteroatoms. The third-order valence-electron chi connectivity index (χ3n) is 6.45. The van der Waals surface area contributed by atoms with Gasteiger partial charge in [0.05, 0.1) is 24.6 Å². The minimum absolute atomic E-state index is 0.215. The van der Waals surface area contributed by atoms with Crippen LogP contribution in [-0.4, -0.2) is 35.6 Å². The molecule has 1 aliphatic carbocycles. The van der Waals surface area contributed by atoms with E-state index in [1.807, 2.05) is 91.0 Å². The van der Waals surface area contributed by atoms with Gasteiger partial charge in [-0.05, 0) is 49.2 Å². The lowest BCUT2D eigenvalue weighted by Gasteiger charge is -2.44. The van der Waals surface area contributed by atoms with Crippen molar-refractivity contribution in [2.45, 2.75) is 44.2 Å². The highest BCUT2D eigenvalue weighted by Gasteiger charge is 2.39. The zero-order chi connectivity index (χ0) is 25.2. The normalized spacial score (nSPS) is 16.9. The van der Waals surface area contributed by atoms with Crippen LogP contribution in [0.25, 0.3) is 0 Å². The number of rotatable bonds is 7. The van der Waals surface area contributed by atoms with Crippen LogP contribution in [0.15, 0.2) is 91.0 Å². The molecule has 184 valence electrons. The van der Waals surface area contributed by atoms with Crippen molar-refractivity contribution in [3.05, 3.63) is 91.0 Å². The molecule has 3 aromatic rings. The highest BCUT2D eigenvalue weighted by molar-refractivity contribution is 6.02. The topological polar surface area (TPSA) is 88.5 Å². The van der Waals surface area contributed by atoms with Crippen LogP contribution in [-0.2, 0) is 0 Å². The zero-order valence-electron chi connectivity index (χ0n) is 20.2. The van der Waals surface area contributed by atoms with Crippen molar-refractivity contribution in [2.75, 3.05) is 22.1 Å². The number of carbonyl (C=O) groups is 2. The smallest absolute Gasteiger partial charge is 0.318 e. The number of nitriles is 1. The minimum atomic E-state index is -0.259. The van der Waals surface area contributed by atoms with E-state index in [-0.39, 0.29) is 30.6 Å². The molecule has 0 aliphatic heterocycles. The Morgan fingerprint density at radius 1 is 0.750 bits per heavy atom. The number of carbonyl (C=O) groups excluding carboxylic acids is 2. The second-order valence-electron chi connectivity index (χ2n) is 8.82. The number of hydrogen-bond acceptors (Lipinski definition) is 3. The van der Waals surface area contributed by atoms with Crippen molar-refractivity contribution in [1.29, 1.82) is 5.26 Å². The first-order chi connectivity index (χ1) is 17.7. The molecule has 36 heavy (non-hydrogen) atoms. The quantitative estimate of drug-likeness (QED) is 0.405. The molecule has 0 radical (unpaired) electrons. The van der Waals surface area contributed by atoms with E-state index in [9.17, 15) is 14.9 Å². The molecule has 4 rings (SSSR count). The second-order valence-corrected chi connectivity index (χ2v) is 8.82. The molecule has 0 aromatic heterocycles. The standard InChI is InChI=1S/C29H31N5O2/c30-21-12-22-33(28(35)31-23-13-4-1-5-14-23)26-19-10-11-20-27(26)34(25-17-8-3-9-18-25)29(36)32-24-15-6-2-7-16-24/h1-9,13-18,26-27H,10-12,19-20,22H2,(H,31,35)(H,32,36)/t26-,27-/m0/s1. The van der Waals surface area contributed by atoms with Crippen molar-refractivity contribution < 1.29 is 9.59 Å². The van der Waals surface area contributed by atoms with E-state index in [0.717, 1.165) is 31.4 Å². The van der Waals surface area contributed by atoms with E-state index < -0.39 is 0 Å². The van der Waals surface area contributed by atoms with Crippen molar-refractivity contribution in [1.82, 2.24) is 4.90 Å². The fourth-order valence-electron chi connectivity index (χ4n) is 4.81. The Kier molecular flexibility index (Phi) is 8.55. The lowest BCUT2D eigenvalue weighted by atomic mass is 9.87. The molecule has 1 saturated carbocycles. The van der Waals surface area contributed by atoms with Crippen LogP contribution in [0.1, 0.15) is 32.1 Å². The molecule has 0 spiro atoms. The van der Waals surface area contributed by atoms with Gasteiger partial charge in [-0.25, -0.2) is 9.59 Å². The lowest BCUT2D eigenvalue weighted by Crippen LogP contribution is -2.58. The number of benzene rings is 3. The third kappa shape index (κ3) is 6.22. The number of anilines is 3. The summed E-state index contributed by atoms with van der Waals surface area (Å²) in [5.74, 6) is 0. The number of nitrogens with one attached hydrogen (secondary N) is 2. The number of amides is 4. The molecule has 4 amide bonds. The number of hydrogen-bond donors (Lipinski definition) is 2. The average Bonchev–Trinajstić information content (AvgIpc) is 2.91. The summed E-state index contributed by atoms with van der Waals surface area (Å²) < 4.78 is 0. The van der Waals surface area contributed by atoms with E-state index in [0.29, 0.717) is 17.9 Å². The van der Waals surface area contributed by atoms with Crippen molar-refractivity contribution in [3.63, 3.8) is 0 Å². The summed E-state index contributed by atoms with van der Waals surface area (Å²) in [4.78, 5) is 30.7. The minimum Gasteiger partial charge on any atom is -0.318 e.